The lowest BCUT2D eigenvalue weighted by atomic mass is 9.95. The molecule has 2 fully saturated rings. The number of carbonyl (C=O) groups is 1. The zero-order valence-electron chi connectivity index (χ0n) is 12.9. The monoisotopic (exact) mass is 319 g/mol. The molecule has 2 aliphatic heterocycles. The smallest absolute Gasteiger partial charge is 0.282 e. The number of piperidine rings is 1. The molecule has 0 bridgehead atoms. The average molecular weight is 319 g/mol. The first-order valence-corrected chi connectivity index (χ1v) is 8.83. The predicted octanol–water partition coefficient (Wildman–Crippen LogP) is -0.0738. The molecule has 2 rings (SSSR count). The van der Waals surface area contributed by atoms with E-state index in [1.807, 2.05) is 20.8 Å². The molecule has 122 valence electrons. The summed E-state index contributed by atoms with van der Waals surface area (Å²) in [6, 6.07) is -0.112. The normalized spacial score (nSPS) is 36.5. The number of morpholine rings is 1. The summed E-state index contributed by atoms with van der Waals surface area (Å²) in [6.07, 6.45) is 1.05. The van der Waals surface area contributed by atoms with Crippen LogP contribution in [0.15, 0.2) is 0 Å². The van der Waals surface area contributed by atoms with Gasteiger partial charge in [-0.1, -0.05) is 0 Å². The van der Waals surface area contributed by atoms with Crippen LogP contribution in [-0.2, 0) is 19.7 Å². The van der Waals surface area contributed by atoms with Gasteiger partial charge in [-0.05, 0) is 33.6 Å². The van der Waals surface area contributed by atoms with Crippen LogP contribution in [0.2, 0.25) is 0 Å². The molecule has 0 aliphatic carbocycles. The molecule has 2 N–H and O–H groups in total. The van der Waals surface area contributed by atoms with Crippen molar-refractivity contribution < 1.29 is 17.9 Å². The van der Waals surface area contributed by atoms with E-state index in [0.29, 0.717) is 25.9 Å². The zero-order chi connectivity index (χ0) is 15.8. The lowest BCUT2D eigenvalue weighted by molar-refractivity contribution is -0.123. The summed E-state index contributed by atoms with van der Waals surface area (Å²) in [5.74, 6) is -0.822. The topological polar surface area (TPSA) is 92.9 Å². The van der Waals surface area contributed by atoms with Crippen LogP contribution in [0.25, 0.3) is 0 Å². The Kier molecular flexibility index (Phi) is 4.92. The highest BCUT2D eigenvalue weighted by molar-refractivity contribution is 7.86. The van der Waals surface area contributed by atoms with Crippen molar-refractivity contribution in [1.82, 2.24) is 8.61 Å². The Morgan fingerprint density at radius 1 is 1.10 bits per heavy atom. The summed E-state index contributed by atoms with van der Waals surface area (Å²) in [4.78, 5) is 11.4. The average Bonchev–Trinajstić information content (AvgIpc) is 2.37. The molecule has 0 radical (unpaired) electrons. The number of hydrogen-bond donors (Lipinski definition) is 1. The van der Waals surface area contributed by atoms with Gasteiger partial charge in [0.2, 0.25) is 5.91 Å². The van der Waals surface area contributed by atoms with Gasteiger partial charge in [-0.2, -0.15) is 17.0 Å². The lowest BCUT2D eigenvalue weighted by Crippen LogP contribution is -2.57. The molecule has 2 saturated heterocycles. The first-order valence-electron chi connectivity index (χ1n) is 7.43. The molecule has 2 heterocycles. The second kappa shape index (κ2) is 6.20. The summed E-state index contributed by atoms with van der Waals surface area (Å²) in [5, 5.41) is 0. The van der Waals surface area contributed by atoms with Crippen molar-refractivity contribution in [1.29, 1.82) is 0 Å². The molecule has 0 aromatic rings. The van der Waals surface area contributed by atoms with Gasteiger partial charge in [0.15, 0.2) is 0 Å². The minimum absolute atomic E-state index is 0.112. The summed E-state index contributed by atoms with van der Waals surface area (Å²) < 4.78 is 34.2. The van der Waals surface area contributed by atoms with E-state index in [0.717, 1.165) is 0 Å². The fraction of sp³-hybridized carbons (Fsp3) is 0.923. The number of nitrogens with zero attached hydrogens (tertiary/aromatic N) is 2. The summed E-state index contributed by atoms with van der Waals surface area (Å²) in [7, 11) is -3.59. The van der Waals surface area contributed by atoms with Crippen LogP contribution in [0.3, 0.4) is 0 Å². The van der Waals surface area contributed by atoms with E-state index in [4.69, 9.17) is 10.5 Å². The molecule has 4 atom stereocenters. The van der Waals surface area contributed by atoms with Crippen LogP contribution in [0, 0.1) is 5.92 Å². The fourth-order valence-corrected chi connectivity index (χ4v) is 5.12. The molecule has 8 heteroatoms. The molecule has 4 unspecified atom stereocenters. The first kappa shape index (κ1) is 16.7. The van der Waals surface area contributed by atoms with E-state index < -0.39 is 22.0 Å². The van der Waals surface area contributed by atoms with Gasteiger partial charge in [-0.3, -0.25) is 4.79 Å². The van der Waals surface area contributed by atoms with Crippen molar-refractivity contribution in [2.75, 3.05) is 19.6 Å². The Bertz CT molecular complexity index is 486. The van der Waals surface area contributed by atoms with Gasteiger partial charge in [0, 0.05) is 25.7 Å². The molecule has 1 amide bonds. The van der Waals surface area contributed by atoms with Gasteiger partial charge in [-0.25, -0.2) is 0 Å². The summed E-state index contributed by atoms with van der Waals surface area (Å²) in [6.45, 7) is 6.48. The van der Waals surface area contributed by atoms with Crippen molar-refractivity contribution in [2.24, 2.45) is 11.7 Å². The quantitative estimate of drug-likeness (QED) is 0.788. The Labute approximate surface area is 126 Å². The van der Waals surface area contributed by atoms with Crippen LogP contribution in [0.5, 0.6) is 0 Å². The predicted molar refractivity (Wildman–Crippen MR) is 78.6 cm³/mol. The minimum atomic E-state index is -3.59. The van der Waals surface area contributed by atoms with E-state index in [1.165, 1.54) is 8.61 Å². The highest BCUT2D eigenvalue weighted by Gasteiger charge is 2.41. The molecule has 2 aliphatic rings. The van der Waals surface area contributed by atoms with E-state index in [9.17, 15) is 13.2 Å². The largest absolute Gasteiger partial charge is 0.373 e. The number of amides is 1. The van der Waals surface area contributed by atoms with Crippen LogP contribution in [0.4, 0.5) is 0 Å². The molecule has 7 nitrogen and oxygen atoms in total. The van der Waals surface area contributed by atoms with Gasteiger partial charge in [0.1, 0.15) is 0 Å². The van der Waals surface area contributed by atoms with E-state index >= 15 is 0 Å². The number of carbonyl (C=O) groups excluding carboxylic acids is 1. The maximum Gasteiger partial charge on any atom is 0.282 e. The standard InChI is InChI=1S/C13H25N3O4S/c1-9-4-5-12(13(14)17)8-16(9)21(18,19)15-6-10(2)20-11(3)7-15/h9-12H,4-8H2,1-3H3,(H2,14,17). The maximum absolute atomic E-state index is 12.9. The Morgan fingerprint density at radius 2 is 1.67 bits per heavy atom. The van der Waals surface area contributed by atoms with Crippen molar-refractivity contribution in [3.05, 3.63) is 0 Å². The maximum atomic E-state index is 12.9. The van der Waals surface area contributed by atoms with Crippen molar-refractivity contribution in [2.45, 2.75) is 51.9 Å². The van der Waals surface area contributed by atoms with Crippen molar-refractivity contribution in [3.8, 4) is 0 Å². The highest BCUT2D eigenvalue weighted by Crippen LogP contribution is 2.27. The van der Waals surface area contributed by atoms with E-state index in [2.05, 4.69) is 0 Å². The van der Waals surface area contributed by atoms with E-state index in [-0.39, 0.29) is 24.8 Å². The molecule has 0 spiro atoms. The summed E-state index contributed by atoms with van der Waals surface area (Å²) in [5.41, 5.74) is 5.35. The molecular formula is C13H25N3O4S. The number of primary amides is 1. The second-order valence-corrected chi connectivity index (χ2v) is 8.06. The molecule has 0 saturated carbocycles. The SMILES string of the molecule is CC1CN(S(=O)(=O)N2CC(C(N)=O)CCC2C)CC(C)O1. The van der Waals surface area contributed by atoms with Crippen molar-refractivity contribution in [3.63, 3.8) is 0 Å². The van der Waals surface area contributed by atoms with Gasteiger partial charge in [-0.15, -0.1) is 0 Å². The molecule has 0 aromatic heterocycles. The van der Waals surface area contributed by atoms with Crippen LogP contribution >= 0.6 is 0 Å². The first-order chi connectivity index (χ1) is 9.71. The van der Waals surface area contributed by atoms with E-state index in [1.54, 1.807) is 0 Å². The van der Waals surface area contributed by atoms with Crippen molar-refractivity contribution >= 4 is 16.1 Å². The molecular weight excluding hydrogens is 294 g/mol. The third kappa shape index (κ3) is 3.56. The third-order valence-corrected chi connectivity index (χ3v) is 6.29. The van der Waals surface area contributed by atoms with Crippen LogP contribution in [-0.4, -0.2) is 60.8 Å². The Hall–Kier alpha value is -0.700. The lowest BCUT2D eigenvalue weighted by Gasteiger charge is -2.41. The Balaban J connectivity index is 2.18. The molecule has 0 aromatic carbocycles. The molecule has 21 heavy (non-hydrogen) atoms. The Morgan fingerprint density at radius 3 is 2.19 bits per heavy atom. The van der Waals surface area contributed by atoms with Gasteiger partial charge in [0.25, 0.3) is 10.2 Å². The van der Waals surface area contributed by atoms with Gasteiger partial charge < -0.3 is 10.5 Å². The fourth-order valence-electron chi connectivity index (χ4n) is 3.10. The third-order valence-electron chi connectivity index (χ3n) is 4.24. The van der Waals surface area contributed by atoms with Crippen LogP contribution < -0.4 is 5.73 Å². The number of rotatable bonds is 3. The van der Waals surface area contributed by atoms with Crippen LogP contribution in [0.1, 0.15) is 33.6 Å². The van der Waals surface area contributed by atoms with Gasteiger partial charge in [0.05, 0.1) is 18.1 Å². The number of hydrogen-bond acceptors (Lipinski definition) is 4. The number of nitrogens with two attached hydrogens (primary N) is 1. The second-order valence-electron chi connectivity index (χ2n) is 6.18. The zero-order valence-corrected chi connectivity index (χ0v) is 13.7. The highest BCUT2D eigenvalue weighted by atomic mass is 32.2. The van der Waals surface area contributed by atoms with Gasteiger partial charge >= 0.3 is 0 Å². The number of ether oxygens (including phenoxy) is 1. The summed E-state index contributed by atoms with van der Waals surface area (Å²) >= 11 is 0. The minimum Gasteiger partial charge on any atom is -0.373 e.